The molecule has 3 heteroatoms. The third kappa shape index (κ3) is 2.54. The first kappa shape index (κ1) is 16.4. The highest BCUT2D eigenvalue weighted by molar-refractivity contribution is 5.96. The molecule has 0 fully saturated rings. The first-order valence-corrected chi connectivity index (χ1v) is 8.17. The van der Waals surface area contributed by atoms with Crippen molar-refractivity contribution in [2.45, 2.75) is 33.8 Å². The van der Waals surface area contributed by atoms with Crippen molar-refractivity contribution < 1.29 is 13.5 Å². The Balaban J connectivity index is 0.000000815. The fourth-order valence-electron chi connectivity index (χ4n) is 3.06. The molecule has 1 aliphatic rings. The first-order valence-electron chi connectivity index (χ1n) is 8.17. The molecule has 3 aromatic carbocycles. The molecule has 0 spiro atoms. The smallest absolute Gasteiger partial charge is 0.427 e. The molecule has 1 aliphatic heterocycles. The highest BCUT2D eigenvalue weighted by Crippen LogP contribution is 2.49. The van der Waals surface area contributed by atoms with Crippen LogP contribution in [0.15, 0.2) is 48.5 Å². The van der Waals surface area contributed by atoms with Crippen LogP contribution in [-0.4, -0.2) is 0 Å². The van der Waals surface area contributed by atoms with Crippen molar-refractivity contribution in [3.63, 3.8) is 0 Å². The van der Waals surface area contributed by atoms with Crippen molar-refractivity contribution in [3.8, 4) is 16.9 Å². The molecule has 0 unspecified atom stereocenters. The van der Waals surface area contributed by atoms with Gasteiger partial charge in [0.25, 0.3) is 0 Å². The highest BCUT2D eigenvalue weighted by Gasteiger charge is 2.42. The van der Waals surface area contributed by atoms with Gasteiger partial charge in [-0.05, 0) is 36.9 Å². The van der Waals surface area contributed by atoms with Crippen LogP contribution in [-0.2, 0) is 6.11 Å². The summed E-state index contributed by atoms with van der Waals surface area (Å²) in [5, 5.41) is 1.62. The van der Waals surface area contributed by atoms with Gasteiger partial charge in [0.2, 0.25) is 0 Å². The lowest BCUT2D eigenvalue weighted by Crippen LogP contribution is -2.26. The normalized spacial score (nSPS) is 14.1. The number of alkyl halides is 2. The molecule has 24 heavy (non-hydrogen) atoms. The van der Waals surface area contributed by atoms with Crippen molar-refractivity contribution in [1.29, 1.82) is 0 Å². The monoisotopic (exact) mass is 326 g/mol. The first-order chi connectivity index (χ1) is 11.5. The molecule has 124 valence electrons. The molecule has 1 nitrogen and oxygen atoms in total. The predicted molar refractivity (Wildman–Crippen MR) is 94.7 cm³/mol. The number of aryl methyl sites for hydroxylation is 2. The predicted octanol–water partition coefficient (Wildman–Crippen LogP) is 6.59. The summed E-state index contributed by atoms with van der Waals surface area (Å²) < 4.78 is 34.0. The molecular weight excluding hydrogens is 306 g/mol. The van der Waals surface area contributed by atoms with Gasteiger partial charge in [-0.15, -0.1) is 0 Å². The molecule has 0 bridgehead atoms. The van der Waals surface area contributed by atoms with E-state index in [1.807, 2.05) is 57.2 Å². The molecular formula is C21H20F2O. The number of benzene rings is 3. The SMILES string of the molecule is CC.Cc1ccc2c(c1)C(F)(F)Oc1c-2ccc2cc(C)ccc12. The minimum Gasteiger partial charge on any atom is -0.428 e. The van der Waals surface area contributed by atoms with Gasteiger partial charge < -0.3 is 4.74 Å². The second-order valence-electron chi connectivity index (χ2n) is 5.83. The largest absolute Gasteiger partial charge is 0.428 e. The van der Waals surface area contributed by atoms with Gasteiger partial charge >= 0.3 is 6.11 Å². The van der Waals surface area contributed by atoms with E-state index >= 15 is 0 Å². The summed E-state index contributed by atoms with van der Waals surface area (Å²) in [5.41, 5.74) is 3.08. The highest BCUT2D eigenvalue weighted by atomic mass is 19.3. The molecule has 0 N–H and O–H groups in total. The Kier molecular flexibility index (Phi) is 4.04. The molecule has 0 saturated heterocycles. The Bertz CT molecular complexity index is 913. The Morgan fingerprint density at radius 3 is 2.17 bits per heavy atom. The van der Waals surface area contributed by atoms with Gasteiger partial charge in [-0.1, -0.05) is 61.4 Å². The van der Waals surface area contributed by atoms with Gasteiger partial charge in [0.1, 0.15) is 5.75 Å². The van der Waals surface area contributed by atoms with Gasteiger partial charge in [-0.2, -0.15) is 8.78 Å². The number of rotatable bonds is 0. The molecule has 0 atom stereocenters. The lowest BCUT2D eigenvalue weighted by molar-refractivity contribution is -0.186. The molecule has 0 saturated carbocycles. The van der Waals surface area contributed by atoms with Crippen LogP contribution in [0.3, 0.4) is 0 Å². The Labute approximate surface area is 140 Å². The van der Waals surface area contributed by atoms with Crippen LogP contribution in [0.25, 0.3) is 21.9 Å². The fourth-order valence-corrected chi connectivity index (χ4v) is 3.06. The standard InChI is InChI=1S/C19H14F2O.C2H6/c1-11-3-6-14-13(9-11)5-8-16-15-7-4-12(2)10-17(15)19(20,21)22-18(14)16;1-2/h3-10H,1-2H3;1-2H3. The van der Waals surface area contributed by atoms with Gasteiger partial charge in [-0.25, -0.2) is 0 Å². The Morgan fingerprint density at radius 2 is 1.42 bits per heavy atom. The van der Waals surface area contributed by atoms with Crippen LogP contribution in [0, 0.1) is 13.8 Å². The van der Waals surface area contributed by atoms with Crippen molar-refractivity contribution in [2.24, 2.45) is 0 Å². The van der Waals surface area contributed by atoms with Gasteiger partial charge in [0, 0.05) is 10.9 Å². The summed E-state index contributed by atoms with van der Waals surface area (Å²) >= 11 is 0. The van der Waals surface area contributed by atoms with E-state index in [2.05, 4.69) is 0 Å². The quantitative estimate of drug-likeness (QED) is 0.453. The van der Waals surface area contributed by atoms with Crippen molar-refractivity contribution in [1.82, 2.24) is 0 Å². The maximum Gasteiger partial charge on any atom is 0.427 e. The lowest BCUT2D eigenvalue weighted by atomic mass is 9.91. The zero-order valence-electron chi connectivity index (χ0n) is 14.3. The molecule has 3 aromatic rings. The zero-order valence-corrected chi connectivity index (χ0v) is 14.3. The molecule has 0 aliphatic carbocycles. The Hall–Kier alpha value is -2.42. The molecule has 1 heterocycles. The number of halogens is 2. The summed E-state index contributed by atoms with van der Waals surface area (Å²) in [6, 6.07) is 14.6. The van der Waals surface area contributed by atoms with Gasteiger partial charge in [-0.3, -0.25) is 0 Å². The van der Waals surface area contributed by atoms with Crippen molar-refractivity contribution in [3.05, 3.63) is 65.2 Å². The van der Waals surface area contributed by atoms with E-state index in [1.165, 1.54) is 6.07 Å². The second-order valence-corrected chi connectivity index (χ2v) is 5.83. The van der Waals surface area contributed by atoms with Crippen LogP contribution < -0.4 is 4.74 Å². The van der Waals surface area contributed by atoms with E-state index in [0.717, 1.165) is 22.1 Å². The summed E-state index contributed by atoms with van der Waals surface area (Å²) in [6.45, 7) is 7.78. The van der Waals surface area contributed by atoms with E-state index < -0.39 is 6.11 Å². The maximum atomic E-state index is 14.4. The van der Waals surface area contributed by atoms with E-state index in [4.69, 9.17) is 4.74 Å². The third-order valence-electron chi connectivity index (χ3n) is 4.13. The van der Waals surface area contributed by atoms with Crippen LogP contribution >= 0.6 is 0 Å². The van der Waals surface area contributed by atoms with Crippen LogP contribution in [0.1, 0.15) is 30.5 Å². The minimum atomic E-state index is -3.31. The van der Waals surface area contributed by atoms with Crippen LogP contribution in [0.5, 0.6) is 5.75 Å². The van der Waals surface area contributed by atoms with E-state index in [0.29, 0.717) is 10.9 Å². The van der Waals surface area contributed by atoms with E-state index in [9.17, 15) is 8.78 Å². The van der Waals surface area contributed by atoms with Gasteiger partial charge in [0.15, 0.2) is 0 Å². The summed E-state index contributed by atoms with van der Waals surface area (Å²) in [4.78, 5) is 0. The summed E-state index contributed by atoms with van der Waals surface area (Å²) in [5.74, 6) is 0.263. The third-order valence-corrected chi connectivity index (χ3v) is 4.13. The van der Waals surface area contributed by atoms with Crippen molar-refractivity contribution in [2.75, 3.05) is 0 Å². The van der Waals surface area contributed by atoms with E-state index in [-0.39, 0.29) is 11.3 Å². The summed E-state index contributed by atoms with van der Waals surface area (Å²) in [7, 11) is 0. The molecule has 0 radical (unpaired) electrons. The molecule has 0 aromatic heterocycles. The number of hydrogen-bond donors (Lipinski definition) is 0. The number of hydrogen-bond acceptors (Lipinski definition) is 1. The zero-order chi connectivity index (χ0) is 17.5. The lowest BCUT2D eigenvalue weighted by Gasteiger charge is -2.29. The minimum absolute atomic E-state index is 0.0635. The molecule has 0 amide bonds. The van der Waals surface area contributed by atoms with E-state index in [1.54, 1.807) is 13.0 Å². The average molecular weight is 326 g/mol. The second kappa shape index (κ2) is 5.90. The van der Waals surface area contributed by atoms with Crippen LogP contribution in [0.2, 0.25) is 0 Å². The van der Waals surface area contributed by atoms with Crippen LogP contribution in [0.4, 0.5) is 8.78 Å². The van der Waals surface area contributed by atoms with Gasteiger partial charge in [0.05, 0.1) is 5.56 Å². The Morgan fingerprint density at radius 1 is 0.792 bits per heavy atom. The fraction of sp³-hybridized carbons (Fsp3) is 0.238. The summed E-state index contributed by atoms with van der Waals surface area (Å²) in [6.07, 6.45) is -3.31. The average Bonchev–Trinajstić information content (AvgIpc) is 2.56. The number of fused-ring (bicyclic) bond motifs is 5. The topological polar surface area (TPSA) is 9.23 Å². The molecule has 4 rings (SSSR count). The van der Waals surface area contributed by atoms with Crippen molar-refractivity contribution >= 4 is 10.8 Å². The maximum absolute atomic E-state index is 14.4. The number of ether oxygens (including phenoxy) is 1.